The number of carbonyl (C=O) groups is 2. The minimum absolute atomic E-state index is 0.00844. The number of sulfonamides is 1. The maximum absolute atomic E-state index is 12.7. The lowest BCUT2D eigenvalue weighted by atomic mass is 9.89. The van der Waals surface area contributed by atoms with Gasteiger partial charge in [-0.25, -0.2) is 12.7 Å². The predicted molar refractivity (Wildman–Crippen MR) is 111 cm³/mol. The van der Waals surface area contributed by atoms with Gasteiger partial charge in [-0.3, -0.25) is 9.59 Å². The number of fused-ring (bicyclic) bond motifs is 2. The Kier molecular flexibility index (Phi) is 4.85. The Hall–Kier alpha value is -2.87. The van der Waals surface area contributed by atoms with E-state index >= 15 is 0 Å². The van der Waals surface area contributed by atoms with Gasteiger partial charge >= 0.3 is 0 Å². The summed E-state index contributed by atoms with van der Waals surface area (Å²) in [5.41, 5.74) is 1.65. The minimum Gasteiger partial charge on any atom is -0.487 e. The molecule has 2 amide bonds. The molecule has 1 unspecified atom stereocenters. The van der Waals surface area contributed by atoms with Gasteiger partial charge in [-0.05, 0) is 44.5 Å². The highest BCUT2D eigenvalue weighted by atomic mass is 32.2. The summed E-state index contributed by atoms with van der Waals surface area (Å²) in [4.78, 5) is 25.1. The third-order valence-electron chi connectivity index (χ3n) is 5.42. The topological polar surface area (TPSA) is 92.8 Å². The molecular formula is C22H24N2O5S. The van der Waals surface area contributed by atoms with Gasteiger partial charge in [0.1, 0.15) is 16.2 Å². The molecule has 2 aromatic carbocycles. The van der Waals surface area contributed by atoms with E-state index < -0.39 is 21.5 Å². The zero-order valence-electron chi connectivity index (χ0n) is 17.1. The average molecular weight is 429 g/mol. The second-order valence-corrected chi connectivity index (χ2v) is 10.2. The first kappa shape index (κ1) is 20.4. The lowest BCUT2D eigenvalue weighted by molar-refractivity contribution is -0.122. The van der Waals surface area contributed by atoms with Crippen molar-refractivity contribution in [2.75, 3.05) is 6.54 Å². The van der Waals surface area contributed by atoms with Crippen LogP contribution in [0.4, 0.5) is 0 Å². The summed E-state index contributed by atoms with van der Waals surface area (Å²) in [7, 11) is -3.91. The normalized spacial score (nSPS) is 20.8. The van der Waals surface area contributed by atoms with Gasteiger partial charge in [-0.2, -0.15) is 0 Å². The molecule has 0 saturated heterocycles. The molecule has 0 fully saturated rings. The molecule has 2 heterocycles. The molecule has 158 valence electrons. The molecule has 0 spiro atoms. The monoisotopic (exact) mass is 428 g/mol. The Morgan fingerprint density at radius 2 is 1.97 bits per heavy atom. The van der Waals surface area contributed by atoms with Crippen LogP contribution in [-0.2, 0) is 14.8 Å². The Balaban J connectivity index is 1.47. The van der Waals surface area contributed by atoms with E-state index in [1.165, 1.54) is 12.1 Å². The van der Waals surface area contributed by atoms with Gasteiger partial charge in [0.2, 0.25) is 5.91 Å². The van der Waals surface area contributed by atoms with Crippen molar-refractivity contribution >= 4 is 21.8 Å². The van der Waals surface area contributed by atoms with E-state index in [4.69, 9.17) is 4.74 Å². The first-order valence-electron chi connectivity index (χ1n) is 9.83. The van der Waals surface area contributed by atoms with E-state index in [1.807, 2.05) is 39.0 Å². The molecule has 0 aromatic heterocycles. The number of nitrogens with zero attached hydrogens (tertiary/aromatic N) is 1. The number of hydrogen-bond donors (Lipinski definition) is 1. The summed E-state index contributed by atoms with van der Waals surface area (Å²) in [6, 6.07) is 11.7. The summed E-state index contributed by atoms with van der Waals surface area (Å²) in [5, 5.41) is 2.99. The standard InChI is InChI=1S/C22H24N2O5S/c1-14-8-9-15-17(13-22(2,3)29-18(15)12-14)23-20(25)10-11-24-21(26)16-6-4-5-7-19(16)30(24,27)28/h4-9,12,17H,10-11,13H2,1-3H3,(H,23,25). The molecule has 4 rings (SSSR count). The Morgan fingerprint density at radius 1 is 1.23 bits per heavy atom. The maximum Gasteiger partial charge on any atom is 0.269 e. The molecule has 0 bridgehead atoms. The first-order chi connectivity index (χ1) is 14.1. The molecule has 2 aliphatic heterocycles. The van der Waals surface area contributed by atoms with Gasteiger partial charge in [-0.1, -0.05) is 24.3 Å². The molecule has 2 aliphatic rings. The van der Waals surface area contributed by atoms with Crippen LogP contribution in [0.1, 0.15) is 54.2 Å². The Morgan fingerprint density at radius 3 is 2.70 bits per heavy atom. The first-order valence-corrected chi connectivity index (χ1v) is 11.3. The van der Waals surface area contributed by atoms with Crippen molar-refractivity contribution in [2.24, 2.45) is 0 Å². The van der Waals surface area contributed by atoms with Crippen molar-refractivity contribution < 1.29 is 22.7 Å². The highest BCUT2D eigenvalue weighted by Gasteiger charge is 2.41. The van der Waals surface area contributed by atoms with E-state index in [2.05, 4.69) is 5.32 Å². The molecule has 2 aromatic rings. The third kappa shape index (κ3) is 3.56. The van der Waals surface area contributed by atoms with Crippen molar-refractivity contribution in [1.82, 2.24) is 9.62 Å². The van der Waals surface area contributed by atoms with Crippen LogP contribution in [0.25, 0.3) is 0 Å². The van der Waals surface area contributed by atoms with Crippen molar-refractivity contribution in [2.45, 2.75) is 50.2 Å². The van der Waals surface area contributed by atoms with Crippen molar-refractivity contribution in [3.8, 4) is 5.75 Å². The fraction of sp³-hybridized carbons (Fsp3) is 0.364. The van der Waals surface area contributed by atoms with E-state index in [9.17, 15) is 18.0 Å². The van der Waals surface area contributed by atoms with E-state index in [-0.39, 0.29) is 35.4 Å². The van der Waals surface area contributed by atoms with Gasteiger partial charge in [0.15, 0.2) is 0 Å². The molecule has 0 saturated carbocycles. The summed E-state index contributed by atoms with van der Waals surface area (Å²) in [5.74, 6) is -0.168. The predicted octanol–water partition coefficient (Wildman–Crippen LogP) is 2.95. The number of aryl methyl sites for hydroxylation is 1. The lowest BCUT2D eigenvalue weighted by Crippen LogP contribution is -2.42. The number of nitrogens with one attached hydrogen (secondary N) is 1. The molecule has 1 N–H and O–H groups in total. The van der Waals surface area contributed by atoms with Crippen molar-refractivity contribution in [3.05, 3.63) is 59.2 Å². The molecular weight excluding hydrogens is 404 g/mol. The van der Waals surface area contributed by atoms with Crippen LogP contribution in [0.15, 0.2) is 47.4 Å². The van der Waals surface area contributed by atoms with E-state index in [0.717, 1.165) is 21.2 Å². The highest BCUT2D eigenvalue weighted by Crippen LogP contribution is 2.40. The lowest BCUT2D eigenvalue weighted by Gasteiger charge is -2.38. The van der Waals surface area contributed by atoms with Crippen LogP contribution in [-0.4, -0.2) is 36.7 Å². The van der Waals surface area contributed by atoms with Crippen LogP contribution < -0.4 is 10.1 Å². The van der Waals surface area contributed by atoms with Gasteiger partial charge in [0.25, 0.3) is 15.9 Å². The van der Waals surface area contributed by atoms with Crippen LogP contribution >= 0.6 is 0 Å². The highest BCUT2D eigenvalue weighted by molar-refractivity contribution is 7.90. The second kappa shape index (κ2) is 7.12. The molecule has 7 nitrogen and oxygen atoms in total. The summed E-state index contributed by atoms with van der Waals surface area (Å²) in [6.07, 6.45) is 0.471. The number of ether oxygens (including phenoxy) is 1. The SMILES string of the molecule is Cc1ccc2c(c1)OC(C)(C)CC2NC(=O)CCN1C(=O)c2ccccc2S1(=O)=O. The fourth-order valence-electron chi connectivity index (χ4n) is 4.01. The Labute approximate surface area is 176 Å². The zero-order valence-corrected chi connectivity index (χ0v) is 18.0. The maximum atomic E-state index is 12.7. The number of benzene rings is 2. The molecule has 0 aliphatic carbocycles. The van der Waals surface area contributed by atoms with Gasteiger partial charge < -0.3 is 10.1 Å². The summed E-state index contributed by atoms with van der Waals surface area (Å²) >= 11 is 0. The molecule has 0 radical (unpaired) electrons. The minimum atomic E-state index is -3.91. The summed E-state index contributed by atoms with van der Waals surface area (Å²) in [6.45, 7) is 5.70. The van der Waals surface area contributed by atoms with Gasteiger partial charge in [0.05, 0.1) is 11.6 Å². The smallest absolute Gasteiger partial charge is 0.269 e. The molecule has 8 heteroatoms. The number of carbonyl (C=O) groups excluding carboxylic acids is 2. The fourth-order valence-corrected chi connectivity index (χ4v) is 5.58. The third-order valence-corrected chi connectivity index (χ3v) is 7.26. The molecule has 1 atom stereocenters. The van der Waals surface area contributed by atoms with Crippen molar-refractivity contribution in [1.29, 1.82) is 0 Å². The van der Waals surface area contributed by atoms with Crippen LogP contribution in [0, 0.1) is 6.92 Å². The average Bonchev–Trinajstić information content (AvgIpc) is 2.85. The van der Waals surface area contributed by atoms with Crippen LogP contribution in [0.5, 0.6) is 5.75 Å². The number of hydrogen-bond acceptors (Lipinski definition) is 5. The number of amides is 2. The Bertz CT molecular complexity index is 1140. The second-order valence-electron chi connectivity index (χ2n) is 8.36. The van der Waals surface area contributed by atoms with Crippen molar-refractivity contribution in [3.63, 3.8) is 0 Å². The van der Waals surface area contributed by atoms with E-state index in [0.29, 0.717) is 6.42 Å². The quantitative estimate of drug-likeness (QED) is 0.808. The van der Waals surface area contributed by atoms with E-state index in [1.54, 1.807) is 12.1 Å². The zero-order chi connectivity index (χ0) is 21.7. The van der Waals surface area contributed by atoms with Gasteiger partial charge in [-0.15, -0.1) is 0 Å². The largest absolute Gasteiger partial charge is 0.487 e. The molecule has 30 heavy (non-hydrogen) atoms. The van der Waals surface area contributed by atoms with Gasteiger partial charge in [0, 0.05) is 24.9 Å². The van der Waals surface area contributed by atoms with Crippen LogP contribution in [0.2, 0.25) is 0 Å². The van der Waals surface area contributed by atoms with Crippen LogP contribution in [0.3, 0.4) is 0 Å². The summed E-state index contributed by atoms with van der Waals surface area (Å²) < 4.78 is 32.1. The number of rotatable bonds is 4.